The van der Waals surface area contributed by atoms with Gasteiger partial charge in [-0.05, 0) is 30.7 Å². The Morgan fingerprint density at radius 3 is 2.50 bits per heavy atom. The van der Waals surface area contributed by atoms with E-state index in [1.165, 1.54) is 12.1 Å². The zero-order chi connectivity index (χ0) is 13.2. The number of anilines is 2. The largest absolute Gasteiger partial charge is 0.398 e. The molecule has 6 heteroatoms. The summed E-state index contributed by atoms with van der Waals surface area (Å²) in [7, 11) is -3.69. The van der Waals surface area contributed by atoms with Crippen LogP contribution in [0.2, 0.25) is 0 Å². The van der Waals surface area contributed by atoms with Crippen LogP contribution in [0.1, 0.15) is 5.56 Å². The van der Waals surface area contributed by atoms with E-state index >= 15 is 0 Å². The maximum absolute atomic E-state index is 12.1. The van der Waals surface area contributed by atoms with Gasteiger partial charge in [-0.25, -0.2) is 13.4 Å². The Morgan fingerprint density at radius 1 is 1.17 bits per heavy atom. The molecule has 0 aliphatic carbocycles. The monoisotopic (exact) mass is 263 g/mol. The highest BCUT2D eigenvalue weighted by Gasteiger charge is 2.17. The predicted molar refractivity (Wildman–Crippen MR) is 70.6 cm³/mol. The van der Waals surface area contributed by atoms with Crippen molar-refractivity contribution in [2.45, 2.75) is 11.8 Å². The number of nitrogen functional groups attached to an aromatic ring is 1. The lowest BCUT2D eigenvalue weighted by molar-refractivity contribution is 0.601. The molecule has 0 radical (unpaired) electrons. The summed E-state index contributed by atoms with van der Waals surface area (Å²) in [5.41, 5.74) is 6.81. The van der Waals surface area contributed by atoms with Crippen LogP contribution in [0.3, 0.4) is 0 Å². The third-order valence-corrected chi connectivity index (χ3v) is 3.79. The van der Waals surface area contributed by atoms with E-state index in [4.69, 9.17) is 5.73 Å². The number of pyridine rings is 1. The van der Waals surface area contributed by atoms with E-state index in [1.54, 1.807) is 30.5 Å². The van der Waals surface area contributed by atoms with Crippen LogP contribution in [0.15, 0.2) is 47.5 Å². The van der Waals surface area contributed by atoms with Gasteiger partial charge < -0.3 is 5.73 Å². The summed E-state index contributed by atoms with van der Waals surface area (Å²) in [6.07, 6.45) is 1.59. The molecule has 2 rings (SSSR count). The molecule has 18 heavy (non-hydrogen) atoms. The van der Waals surface area contributed by atoms with Crippen LogP contribution in [0.4, 0.5) is 11.5 Å². The number of nitrogens with two attached hydrogens (primary N) is 1. The van der Waals surface area contributed by atoms with Crippen molar-refractivity contribution in [1.82, 2.24) is 4.98 Å². The smallest absolute Gasteiger partial charge is 0.265 e. The summed E-state index contributed by atoms with van der Waals surface area (Å²) in [5.74, 6) is 0.267. The Balaban J connectivity index is 2.33. The van der Waals surface area contributed by atoms with E-state index in [2.05, 4.69) is 9.71 Å². The SMILES string of the molecule is Cc1ccc(NS(=O)(=O)c2ccccc2N)nc1. The van der Waals surface area contributed by atoms with Gasteiger partial charge in [0.15, 0.2) is 0 Å². The van der Waals surface area contributed by atoms with Gasteiger partial charge in [0.1, 0.15) is 10.7 Å². The maximum Gasteiger partial charge on any atom is 0.265 e. The number of hydrogen-bond donors (Lipinski definition) is 2. The number of aryl methyl sites for hydroxylation is 1. The minimum Gasteiger partial charge on any atom is -0.398 e. The number of aromatic nitrogens is 1. The first-order valence-electron chi connectivity index (χ1n) is 5.29. The molecule has 0 aliphatic rings. The normalized spacial score (nSPS) is 11.2. The number of para-hydroxylation sites is 1. The van der Waals surface area contributed by atoms with Crippen LogP contribution in [-0.2, 0) is 10.0 Å². The van der Waals surface area contributed by atoms with Crippen LogP contribution >= 0.6 is 0 Å². The van der Waals surface area contributed by atoms with Gasteiger partial charge >= 0.3 is 0 Å². The lowest BCUT2D eigenvalue weighted by Gasteiger charge is -2.09. The molecule has 0 unspecified atom stereocenters. The van der Waals surface area contributed by atoms with Gasteiger partial charge in [-0.15, -0.1) is 0 Å². The fraction of sp³-hybridized carbons (Fsp3) is 0.0833. The summed E-state index contributed by atoms with van der Waals surface area (Å²) in [6.45, 7) is 1.88. The number of sulfonamides is 1. The summed E-state index contributed by atoms with van der Waals surface area (Å²) in [4.78, 5) is 4.04. The molecule has 1 aromatic carbocycles. The van der Waals surface area contributed by atoms with Gasteiger partial charge in [-0.3, -0.25) is 4.72 Å². The second-order valence-corrected chi connectivity index (χ2v) is 5.51. The average molecular weight is 263 g/mol. The van der Waals surface area contributed by atoms with Crippen molar-refractivity contribution in [3.8, 4) is 0 Å². The molecule has 3 N–H and O–H groups in total. The molecule has 1 heterocycles. The molecule has 0 spiro atoms. The van der Waals surface area contributed by atoms with Crippen LogP contribution in [0, 0.1) is 6.92 Å². The quantitative estimate of drug-likeness (QED) is 0.826. The van der Waals surface area contributed by atoms with Gasteiger partial charge in [-0.1, -0.05) is 18.2 Å². The van der Waals surface area contributed by atoms with Crippen molar-refractivity contribution in [3.63, 3.8) is 0 Å². The first-order chi connectivity index (χ1) is 8.49. The molecule has 0 atom stereocenters. The molecule has 2 aromatic rings. The van der Waals surface area contributed by atoms with E-state index in [-0.39, 0.29) is 16.4 Å². The van der Waals surface area contributed by atoms with E-state index in [0.29, 0.717) is 0 Å². The van der Waals surface area contributed by atoms with Crippen LogP contribution < -0.4 is 10.5 Å². The van der Waals surface area contributed by atoms with Gasteiger partial charge in [0, 0.05) is 6.20 Å². The average Bonchev–Trinajstić information content (AvgIpc) is 2.32. The van der Waals surface area contributed by atoms with Crippen LogP contribution in [-0.4, -0.2) is 13.4 Å². The highest BCUT2D eigenvalue weighted by atomic mass is 32.2. The summed E-state index contributed by atoms with van der Waals surface area (Å²) in [6, 6.07) is 9.67. The first-order valence-corrected chi connectivity index (χ1v) is 6.77. The van der Waals surface area contributed by atoms with Crippen molar-refractivity contribution >= 4 is 21.5 Å². The van der Waals surface area contributed by atoms with Gasteiger partial charge in [-0.2, -0.15) is 0 Å². The van der Waals surface area contributed by atoms with Crippen molar-refractivity contribution < 1.29 is 8.42 Å². The fourth-order valence-corrected chi connectivity index (χ4v) is 2.59. The summed E-state index contributed by atoms with van der Waals surface area (Å²) >= 11 is 0. The number of nitrogens with one attached hydrogen (secondary N) is 1. The van der Waals surface area contributed by atoms with E-state index < -0.39 is 10.0 Å². The predicted octanol–water partition coefficient (Wildman–Crippen LogP) is 1.77. The molecule has 0 saturated carbocycles. The van der Waals surface area contributed by atoms with Gasteiger partial charge in [0.2, 0.25) is 0 Å². The van der Waals surface area contributed by atoms with Crippen molar-refractivity contribution in [2.75, 3.05) is 10.5 Å². The molecule has 5 nitrogen and oxygen atoms in total. The molecule has 0 fully saturated rings. The lowest BCUT2D eigenvalue weighted by atomic mass is 10.3. The Morgan fingerprint density at radius 2 is 1.89 bits per heavy atom. The Bertz CT molecular complexity index is 651. The van der Waals surface area contributed by atoms with Crippen molar-refractivity contribution in [1.29, 1.82) is 0 Å². The molecule has 94 valence electrons. The van der Waals surface area contributed by atoms with Crippen molar-refractivity contribution in [2.24, 2.45) is 0 Å². The number of nitrogens with zero attached hydrogens (tertiary/aromatic N) is 1. The topological polar surface area (TPSA) is 85.1 Å². The zero-order valence-electron chi connectivity index (χ0n) is 9.79. The second kappa shape index (κ2) is 4.66. The minimum absolute atomic E-state index is 0.0485. The second-order valence-electron chi connectivity index (χ2n) is 3.86. The number of benzene rings is 1. The maximum atomic E-state index is 12.1. The molecule has 1 aromatic heterocycles. The molecular weight excluding hydrogens is 250 g/mol. The molecule has 0 bridgehead atoms. The highest BCUT2D eigenvalue weighted by molar-refractivity contribution is 7.92. The third-order valence-electron chi connectivity index (χ3n) is 2.36. The highest BCUT2D eigenvalue weighted by Crippen LogP contribution is 2.20. The summed E-state index contributed by atoms with van der Waals surface area (Å²) < 4.78 is 26.5. The van der Waals surface area contributed by atoms with Gasteiger partial charge in [0.25, 0.3) is 10.0 Å². The van der Waals surface area contributed by atoms with Crippen molar-refractivity contribution in [3.05, 3.63) is 48.2 Å². The number of rotatable bonds is 3. The van der Waals surface area contributed by atoms with Crippen LogP contribution in [0.5, 0.6) is 0 Å². The number of hydrogen-bond acceptors (Lipinski definition) is 4. The Kier molecular flexibility index (Phi) is 3.20. The van der Waals surface area contributed by atoms with Gasteiger partial charge in [0.05, 0.1) is 5.69 Å². The molecular formula is C12H13N3O2S. The molecule has 0 aliphatic heterocycles. The first kappa shape index (κ1) is 12.4. The van der Waals surface area contributed by atoms with E-state index in [1.807, 2.05) is 6.92 Å². The third kappa shape index (κ3) is 2.60. The zero-order valence-corrected chi connectivity index (χ0v) is 10.6. The molecule has 0 saturated heterocycles. The standard InChI is InChI=1S/C12H13N3O2S/c1-9-6-7-12(14-8-9)15-18(16,17)11-5-3-2-4-10(11)13/h2-8H,13H2,1H3,(H,14,15). The molecule has 0 amide bonds. The minimum atomic E-state index is -3.69. The van der Waals surface area contributed by atoms with Crippen LogP contribution in [0.25, 0.3) is 0 Å². The Labute approximate surface area is 106 Å². The summed E-state index contributed by atoms with van der Waals surface area (Å²) in [5, 5.41) is 0. The fourth-order valence-electron chi connectivity index (χ4n) is 1.45. The van der Waals surface area contributed by atoms with E-state index in [0.717, 1.165) is 5.56 Å². The van der Waals surface area contributed by atoms with E-state index in [9.17, 15) is 8.42 Å². The lowest BCUT2D eigenvalue weighted by Crippen LogP contribution is -2.15. The Hall–Kier alpha value is -2.08.